The van der Waals surface area contributed by atoms with E-state index < -0.39 is 0 Å². The zero-order valence-electron chi connectivity index (χ0n) is 7.87. The Bertz CT molecular complexity index is 304. The molecular weight excluding hydrogens is 232 g/mol. The Balaban J connectivity index is 1.89. The minimum Gasteiger partial charge on any atom is -0.179 e. The van der Waals surface area contributed by atoms with Crippen molar-refractivity contribution in [3.63, 3.8) is 0 Å². The largest absolute Gasteiger partial charge is 0.179 e. The smallest absolute Gasteiger partial charge is 0.0406 e. The summed E-state index contributed by atoms with van der Waals surface area (Å²) in [5, 5.41) is 0.810. The predicted octanol–water partition coefficient (Wildman–Crippen LogP) is 4.14. The fourth-order valence-electron chi connectivity index (χ4n) is 1.29. The Labute approximate surface area is 99.8 Å². The summed E-state index contributed by atoms with van der Waals surface area (Å²) in [5.74, 6) is 2.21. The number of hydrogen-bond acceptors (Lipinski definition) is 2. The third-order valence-corrected chi connectivity index (χ3v) is 4.94. The van der Waals surface area contributed by atoms with Gasteiger partial charge in [0.2, 0.25) is 0 Å². The van der Waals surface area contributed by atoms with E-state index >= 15 is 0 Å². The van der Waals surface area contributed by atoms with Gasteiger partial charge in [-0.05, 0) is 48.3 Å². The number of halogens is 1. The maximum Gasteiger partial charge on any atom is 0.0406 e. The van der Waals surface area contributed by atoms with Crippen LogP contribution in [0.3, 0.4) is 0 Å². The zero-order chi connectivity index (χ0) is 10.0. The highest BCUT2D eigenvalue weighted by atomic mass is 35.5. The van der Waals surface area contributed by atoms with Gasteiger partial charge in [-0.15, -0.1) is 11.8 Å². The van der Waals surface area contributed by atoms with Gasteiger partial charge < -0.3 is 0 Å². The van der Waals surface area contributed by atoms with Crippen LogP contribution in [0.2, 0.25) is 5.02 Å². The van der Waals surface area contributed by atoms with Gasteiger partial charge in [0.15, 0.2) is 0 Å². The molecule has 0 saturated heterocycles. The summed E-state index contributed by atoms with van der Waals surface area (Å²) in [4.78, 5) is 1.31. The first kappa shape index (κ1) is 10.7. The van der Waals surface area contributed by atoms with Gasteiger partial charge in [-0.25, -0.2) is 0 Å². The molecule has 1 fully saturated rings. The van der Waals surface area contributed by atoms with Crippen LogP contribution in [0.15, 0.2) is 29.2 Å². The fourth-order valence-corrected chi connectivity index (χ4v) is 3.19. The van der Waals surface area contributed by atoms with E-state index in [1.54, 1.807) is 0 Å². The molecule has 0 aliphatic heterocycles. The van der Waals surface area contributed by atoms with Crippen molar-refractivity contribution in [2.75, 3.05) is 11.5 Å². The molecule has 1 saturated carbocycles. The Morgan fingerprint density at radius 2 is 1.93 bits per heavy atom. The molecule has 0 spiro atoms. The molecule has 3 heteroatoms. The standard InChI is InChI=1S/C11H13ClS2/c12-9-1-3-10(4-2-9)14-8-11(7-13)5-6-11/h1-4,13H,5-8H2. The quantitative estimate of drug-likeness (QED) is 0.614. The van der Waals surface area contributed by atoms with Crippen LogP contribution >= 0.6 is 36.0 Å². The van der Waals surface area contributed by atoms with Gasteiger partial charge in [-0.3, -0.25) is 0 Å². The second-order valence-electron chi connectivity index (χ2n) is 3.90. The predicted molar refractivity (Wildman–Crippen MR) is 67.7 cm³/mol. The Kier molecular flexibility index (Phi) is 3.35. The highest BCUT2D eigenvalue weighted by molar-refractivity contribution is 7.99. The molecule has 1 aromatic carbocycles. The van der Waals surface area contributed by atoms with Crippen LogP contribution in [0.1, 0.15) is 12.8 Å². The summed E-state index contributed by atoms with van der Waals surface area (Å²) in [6, 6.07) is 8.07. The molecule has 76 valence electrons. The van der Waals surface area contributed by atoms with Crippen molar-refractivity contribution in [2.45, 2.75) is 17.7 Å². The highest BCUT2D eigenvalue weighted by Gasteiger charge is 2.40. The molecular formula is C11H13ClS2. The van der Waals surface area contributed by atoms with Crippen molar-refractivity contribution in [2.24, 2.45) is 5.41 Å². The van der Waals surface area contributed by atoms with Crippen LogP contribution < -0.4 is 0 Å². The van der Waals surface area contributed by atoms with E-state index in [9.17, 15) is 0 Å². The number of rotatable bonds is 4. The molecule has 0 heterocycles. The van der Waals surface area contributed by atoms with E-state index in [1.165, 1.54) is 23.5 Å². The van der Waals surface area contributed by atoms with Crippen molar-refractivity contribution >= 4 is 36.0 Å². The van der Waals surface area contributed by atoms with Crippen molar-refractivity contribution in [1.29, 1.82) is 0 Å². The summed E-state index contributed by atoms with van der Waals surface area (Å²) in [6.07, 6.45) is 2.69. The highest BCUT2D eigenvalue weighted by Crippen LogP contribution is 2.49. The third-order valence-electron chi connectivity index (χ3n) is 2.65. The van der Waals surface area contributed by atoms with E-state index in [4.69, 9.17) is 11.6 Å². The summed E-state index contributed by atoms with van der Waals surface area (Å²) < 4.78 is 0. The molecule has 1 aliphatic rings. The first-order valence-electron chi connectivity index (χ1n) is 4.73. The average Bonchev–Trinajstić information content (AvgIpc) is 2.98. The van der Waals surface area contributed by atoms with Crippen molar-refractivity contribution in [3.8, 4) is 0 Å². The molecule has 0 amide bonds. The Hall–Kier alpha value is 0.210. The van der Waals surface area contributed by atoms with Gasteiger partial charge in [0.25, 0.3) is 0 Å². The molecule has 2 rings (SSSR count). The van der Waals surface area contributed by atoms with Crippen LogP contribution in [0, 0.1) is 5.41 Å². The van der Waals surface area contributed by atoms with Crippen LogP contribution in [0.5, 0.6) is 0 Å². The monoisotopic (exact) mass is 244 g/mol. The lowest BCUT2D eigenvalue weighted by Crippen LogP contribution is -2.05. The molecule has 0 unspecified atom stereocenters. The first-order chi connectivity index (χ1) is 6.74. The molecule has 0 aromatic heterocycles. The lowest BCUT2D eigenvalue weighted by atomic mass is 10.2. The van der Waals surface area contributed by atoms with E-state index in [2.05, 4.69) is 24.8 Å². The third kappa shape index (κ3) is 2.62. The summed E-state index contributed by atoms with van der Waals surface area (Å²) >= 11 is 12.1. The van der Waals surface area contributed by atoms with Crippen molar-refractivity contribution in [1.82, 2.24) is 0 Å². The van der Waals surface area contributed by atoms with Crippen molar-refractivity contribution in [3.05, 3.63) is 29.3 Å². The van der Waals surface area contributed by atoms with Crippen LogP contribution in [-0.4, -0.2) is 11.5 Å². The second kappa shape index (κ2) is 4.38. The maximum absolute atomic E-state index is 5.82. The molecule has 0 N–H and O–H groups in total. The fraction of sp³-hybridized carbons (Fsp3) is 0.455. The SMILES string of the molecule is SCC1(CSc2ccc(Cl)cc2)CC1. The van der Waals surface area contributed by atoms with E-state index in [1.807, 2.05) is 23.9 Å². The lowest BCUT2D eigenvalue weighted by molar-refractivity contribution is 0.683. The first-order valence-corrected chi connectivity index (χ1v) is 6.73. The van der Waals surface area contributed by atoms with Gasteiger partial charge in [0.05, 0.1) is 0 Å². The number of benzene rings is 1. The molecule has 0 nitrogen and oxygen atoms in total. The Morgan fingerprint density at radius 1 is 1.29 bits per heavy atom. The normalized spacial score (nSPS) is 18.1. The van der Waals surface area contributed by atoms with Gasteiger partial charge >= 0.3 is 0 Å². The van der Waals surface area contributed by atoms with Crippen LogP contribution in [0.25, 0.3) is 0 Å². The molecule has 0 bridgehead atoms. The van der Waals surface area contributed by atoms with Gasteiger partial charge in [-0.2, -0.15) is 12.6 Å². The van der Waals surface area contributed by atoms with Crippen LogP contribution in [-0.2, 0) is 0 Å². The topological polar surface area (TPSA) is 0 Å². The molecule has 0 radical (unpaired) electrons. The van der Waals surface area contributed by atoms with E-state index in [-0.39, 0.29) is 0 Å². The molecule has 1 aliphatic carbocycles. The van der Waals surface area contributed by atoms with E-state index in [0.29, 0.717) is 5.41 Å². The lowest BCUT2D eigenvalue weighted by Gasteiger charge is -2.10. The maximum atomic E-state index is 5.82. The van der Waals surface area contributed by atoms with Gasteiger partial charge in [0, 0.05) is 15.7 Å². The van der Waals surface area contributed by atoms with Crippen LogP contribution in [0.4, 0.5) is 0 Å². The summed E-state index contributed by atoms with van der Waals surface area (Å²) in [5.41, 5.74) is 0.535. The minimum absolute atomic E-state index is 0.535. The minimum atomic E-state index is 0.535. The Morgan fingerprint density at radius 3 is 2.43 bits per heavy atom. The second-order valence-corrected chi connectivity index (χ2v) is 5.70. The number of thioether (sulfide) groups is 1. The average molecular weight is 245 g/mol. The number of hydrogen-bond donors (Lipinski definition) is 1. The van der Waals surface area contributed by atoms with Crippen molar-refractivity contribution < 1.29 is 0 Å². The molecule has 0 atom stereocenters. The van der Waals surface area contributed by atoms with Gasteiger partial charge in [0.1, 0.15) is 0 Å². The summed E-state index contributed by atoms with van der Waals surface area (Å²) in [7, 11) is 0. The molecule has 14 heavy (non-hydrogen) atoms. The number of thiol groups is 1. The van der Waals surface area contributed by atoms with Gasteiger partial charge in [-0.1, -0.05) is 11.6 Å². The zero-order valence-corrected chi connectivity index (χ0v) is 10.3. The van der Waals surface area contributed by atoms with E-state index in [0.717, 1.165) is 10.8 Å². The summed E-state index contributed by atoms with van der Waals surface area (Å²) in [6.45, 7) is 0. The molecule has 1 aromatic rings.